The lowest BCUT2D eigenvalue weighted by atomic mass is 10.2. The largest absolute Gasteiger partial charge is 0.492 e. The molecule has 0 saturated carbocycles. The molecule has 4 nitrogen and oxygen atoms in total. The highest BCUT2D eigenvalue weighted by atomic mass is 16.5. The van der Waals surface area contributed by atoms with E-state index in [4.69, 9.17) is 4.74 Å². The van der Waals surface area contributed by atoms with Crippen molar-refractivity contribution in [3.63, 3.8) is 0 Å². The Kier molecular flexibility index (Phi) is 5.27. The van der Waals surface area contributed by atoms with Crippen molar-refractivity contribution in [1.82, 2.24) is 9.88 Å². The van der Waals surface area contributed by atoms with E-state index in [9.17, 15) is 0 Å². The first-order valence-electron chi connectivity index (χ1n) is 7.98. The predicted octanol–water partition coefficient (Wildman–Crippen LogP) is 3.17. The van der Waals surface area contributed by atoms with Crippen LogP contribution in [0.25, 0.3) is 0 Å². The van der Waals surface area contributed by atoms with Crippen molar-refractivity contribution < 1.29 is 4.74 Å². The molecule has 0 radical (unpaired) electrons. The molecule has 116 valence electrons. The first kappa shape index (κ1) is 14.9. The van der Waals surface area contributed by atoms with E-state index in [0.717, 1.165) is 31.1 Å². The molecule has 1 fully saturated rings. The second-order valence-corrected chi connectivity index (χ2v) is 5.64. The standard InChI is InChI=1S/C18H23N3O/c1-2-11-21(10-1)12-13-22-18-7-5-16(6-8-18)14-20-17-4-3-9-19-15-17/h3-9,15,20H,1-2,10-14H2. The smallest absolute Gasteiger partial charge is 0.119 e. The van der Waals surface area contributed by atoms with Crippen molar-refractivity contribution in [2.24, 2.45) is 0 Å². The number of nitrogens with zero attached hydrogens (tertiary/aromatic N) is 2. The fourth-order valence-electron chi connectivity index (χ4n) is 2.67. The minimum Gasteiger partial charge on any atom is -0.492 e. The minimum absolute atomic E-state index is 0.771. The van der Waals surface area contributed by atoms with Crippen LogP contribution in [0, 0.1) is 0 Å². The molecule has 0 spiro atoms. The number of likely N-dealkylation sites (tertiary alicyclic amines) is 1. The van der Waals surface area contributed by atoms with Crippen molar-refractivity contribution in [3.8, 4) is 5.75 Å². The van der Waals surface area contributed by atoms with E-state index in [1.54, 1.807) is 6.20 Å². The number of pyridine rings is 1. The molecule has 0 unspecified atom stereocenters. The molecular formula is C18H23N3O. The molecule has 3 rings (SSSR count). The molecule has 0 aliphatic carbocycles. The summed E-state index contributed by atoms with van der Waals surface area (Å²) in [6.45, 7) is 5.04. The zero-order valence-corrected chi connectivity index (χ0v) is 12.9. The summed E-state index contributed by atoms with van der Waals surface area (Å²) in [7, 11) is 0. The summed E-state index contributed by atoms with van der Waals surface area (Å²) in [5, 5.41) is 3.35. The SMILES string of the molecule is c1cncc(NCc2ccc(OCCN3CCCC3)cc2)c1. The van der Waals surface area contributed by atoms with Crippen molar-refractivity contribution >= 4 is 5.69 Å². The van der Waals surface area contributed by atoms with Gasteiger partial charge in [0.25, 0.3) is 0 Å². The maximum absolute atomic E-state index is 5.81. The zero-order valence-electron chi connectivity index (χ0n) is 12.9. The zero-order chi connectivity index (χ0) is 15.0. The lowest BCUT2D eigenvalue weighted by Crippen LogP contribution is -2.25. The Morgan fingerprint density at radius 2 is 1.91 bits per heavy atom. The van der Waals surface area contributed by atoms with Gasteiger partial charge in [-0.2, -0.15) is 0 Å². The third kappa shape index (κ3) is 4.46. The van der Waals surface area contributed by atoms with Gasteiger partial charge in [0.05, 0.1) is 5.69 Å². The summed E-state index contributed by atoms with van der Waals surface area (Å²) >= 11 is 0. The average Bonchev–Trinajstić information content (AvgIpc) is 3.08. The van der Waals surface area contributed by atoms with E-state index >= 15 is 0 Å². The molecule has 22 heavy (non-hydrogen) atoms. The molecular weight excluding hydrogens is 274 g/mol. The van der Waals surface area contributed by atoms with Gasteiger partial charge < -0.3 is 10.1 Å². The Morgan fingerprint density at radius 3 is 2.64 bits per heavy atom. The van der Waals surface area contributed by atoms with E-state index < -0.39 is 0 Å². The van der Waals surface area contributed by atoms with Gasteiger partial charge in [0.1, 0.15) is 12.4 Å². The lowest BCUT2D eigenvalue weighted by Gasteiger charge is -2.15. The summed E-state index contributed by atoms with van der Waals surface area (Å²) in [4.78, 5) is 6.56. The van der Waals surface area contributed by atoms with E-state index in [-0.39, 0.29) is 0 Å². The van der Waals surface area contributed by atoms with Crippen LogP contribution in [-0.4, -0.2) is 36.1 Å². The molecule has 1 saturated heterocycles. The third-order valence-electron chi connectivity index (χ3n) is 3.96. The second-order valence-electron chi connectivity index (χ2n) is 5.64. The molecule has 1 aliphatic rings. The Balaban J connectivity index is 1.41. The minimum atomic E-state index is 0.771. The molecule has 1 aromatic carbocycles. The number of nitrogens with one attached hydrogen (secondary N) is 1. The number of hydrogen-bond donors (Lipinski definition) is 1. The molecule has 0 amide bonds. The fraction of sp³-hybridized carbons (Fsp3) is 0.389. The topological polar surface area (TPSA) is 37.4 Å². The maximum Gasteiger partial charge on any atom is 0.119 e. The van der Waals surface area contributed by atoms with Crippen LogP contribution in [0.15, 0.2) is 48.8 Å². The highest BCUT2D eigenvalue weighted by molar-refractivity contribution is 5.41. The number of ether oxygens (including phenoxy) is 1. The molecule has 0 bridgehead atoms. The second kappa shape index (κ2) is 7.80. The lowest BCUT2D eigenvalue weighted by molar-refractivity contribution is 0.238. The Bertz CT molecular complexity index is 550. The quantitative estimate of drug-likeness (QED) is 0.852. The van der Waals surface area contributed by atoms with Gasteiger partial charge in [-0.3, -0.25) is 9.88 Å². The monoisotopic (exact) mass is 297 g/mol. The van der Waals surface area contributed by atoms with Crippen LogP contribution < -0.4 is 10.1 Å². The number of benzene rings is 1. The van der Waals surface area contributed by atoms with Crippen LogP contribution in [0.2, 0.25) is 0 Å². The fourth-order valence-corrected chi connectivity index (χ4v) is 2.67. The van der Waals surface area contributed by atoms with Gasteiger partial charge >= 0.3 is 0 Å². The number of rotatable bonds is 7. The van der Waals surface area contributed by atoms with E-state index in [1.165, 1.54) is 31.5 Å². The van der Waals surface area contributed by atoms with E-state index in [2.05, 4.69) is 27.3 Å². The van der Waals surface area contributed by atoms with Gasteiger partial charge in [-0.15, -0.1) is 0 Å². The molecule has 0 atom stereocenters. The van der Waals surface area contributed by atoms with Gasteiger partial charge in [0, 0.05) is 25.5 Å². The predicted molar refractivity (Wildman–Crippen MR) is 89.2 cm³/mol. The third-order valence-corrected chi connectivity index (χ3v) is 3.96. The van der Waals surface area contributed by atoms with Crippen LogP contribution in [0.3, 0.4) is 0 Å². The van der Waals surface area contributed by atoms with Crippen molar-refractivity contribution in [1.29, 1.82) is 0 Å². The Hall–Kier alpha value is -2.07. The van der Waals surface area contributed by atoms with Crippen LogP contribution in [-0.2, 0) is 6.54 Å². The van der Waals surface area contributed by atoms with Gasteiger partial charge in [-0.25, -0.2) is 0 Å². The maximum atomic E-state index is 5.81. The summed E-state index contributed by atoms with van der Waals surface area (Å²) in [6, 6.07) is 12.3. The summed E-state index contributed by atoms with van der Waals surface area (Å²) < 4.78 is 5.81. The number of anilines is 1. The normalized spacial score (nSPS) is 14.9. The highest BCUT2D eigenvalue weighted by Gasteiger charge is 2.10. The Labute approximate surface area is 132 Å². The summed E-state index contributed by atoms with van der Waals surface area (Å²) in [5.41, 5.74) is 2.27. The first-order valence-corrected chi connectivity index (χ1v) is 7.98. The highest BCUT2D eigenvalue weighted by Crippen LogP contribution is 2.14. The van der Waals surface area contributed by atoms with Gasteiger partial charge in [-0.1, -0.05) is 12.1 Å². The van der Waals surface area contributed by atoms with Crippen LogP contribution in [0.1, 0.15) is 18.4 Å². The average molecular weight is 297 g/mol. The molecule has 4 heteroatoms. The molecule has 1 N–H and O–H groups in total. The summed E-state index contributed by atoms with van der Waals surface area (Å²) in [5.74, 6) is 0.948. The van der Waals surface area contributed by atoms with Crippen molar-refractivity contribution in [2.75, 3.05) is 31.6 Å². The molecule has 2 heterocycles. The first-order chi connectivity index (χ1) is 10.9. The van der Waals surface area contributed by atoms with Crippen LogP contribution in [0.5, 0.6) is 5.75 Å². The van der Waals surface area contributed by atoms with Crippen molar-refractivity contribution in [2.45, 2.75) is 19.4 Å². The molecule has 1 aromatic heterocycles. The Morgan fingerprint density at radius 1 is 1.09 bits per heavy atom. The molecule has 1 aliphatic heterocycles. The van der Waals surface area contributed by atoms with Gasteiger partial charge in [-0.05, 0) is 55.8 Å². The van der Waals surface area contributed by atoms with Gasteiger partial charge in [0.2, 0.25) is 0 Å². The van der Waals surface area contributed by atoms with E-state index in [0.29, 0.717) is 0 Å². The summed E-state index contributed by atoms with van der Waals surface area (Å²) in [6.07, 6.45) is 6.27. The van der Waals surface area contributed by atoms with E-state index in [1.807, 2.05) is 30.5 Å². The van der Waals surface area contributed by atoms with Gasteiger partial charge in [0.15, 0.2) is 0 Å². The molecule has 2 aromatic rings. The number of aromatic nitrogens is 1. The van der Waals surface area contributed by atoms with Crippen LogP contribution in [0.4, 0.5) is 5.69 Å². The van der Waals surface area contributed by atoms with Crippen molar-refractivity contribution in [3.05, 3.63) is 54.4 Å². The number of hydrogen-bond acceptors (Lipinski definition) is 4. The van der Waals surface area contributed by atoms with Crippen LogP contribution >= 0.6 is 0 Å².